The maximum absolute atomic E-state index is 13.3. The summed E-state index contributed by atoms with van der Waals surface area (Å²) in [4.78, 5) is 17.1. The number of carbonyl (C=O) groups is 1. The molecule has 2 aromatic carbocycles. The van der Waals surface area contributed by atoms with Crippen molar-refractivity contribution in [1.82, 2.24) is 15.1 Å². The first-order valence-electron chi connectivity index (χ1n) is 12.1. The Hall–Kier alpha value is -2.17. The van der Waals surface area contributed by atoms with E-state index in [0.29, 0.717) is 30.6 Å². The molecular formula is C26H35BrN4O4. The Morgan fingerprint density at radius 1 is 1.06 bits per heavy atom. The maximum atomic E-state index is 13.3. The number of hydrogen-bond acceptors (Lipinski definition) is 6. The Morgan fingerprint density at radius 2 is 1.71 bits per heavy atom. The number of amides is 2. The molecule has 0 spiro atoms. The molecule has 0 radical (unpaired) electrons. The fourth-order valence-electron chi connectivity index (χ4n) is 5.06. The Morgan fingerprint density at radius 3 is 2.34 bits per heavy atom. The van der Waals surface area contributed by atoms with Gasteiger partial charge in [0.2, 0.25) is 0 Å². The second-order valence-corrected chi connectivity index (χ2v) is 10.6. The maximum Gasteiger partial charge on any atom is 0.321 e. The van der Waals surface area contributed by atoms with Crippen molar-refractivity contribution in [3.63, 3.8) is 0 Å². The van der Waals surface area contributed by atoms with Gasteiger partial charge in [-0.2, -0.15) is 0 Å². The molecule has 0 unspecified atom stereocenters. The van der Waals surface area contributed by atoms with Crippen molar-refractivity contribution in [1.29, 1.82) is 0 Å². The Kier molecular flexibility index (Phi) is 8.34. The van der Waals surface area contributed by atoms with E-state index < -0.39 is 12.2 Å². The molecule has 0 aliphatic carbocycles. The molecule has 9 heteroatoms. The van der Waals surface area contributed by atoms with Crippen molar-refractivity contribution < 1.29 is 19.7 Å². The second kappa shape index (κ2) is 11.3. The largest absolute Gasteiger partial charge is 0.497 e. The van der Waals surface area contributed by atoms with Crippen LogP contribution >= 0.6 is 15.9 Å². The van der Waals surface area contributed by atoms with Gasteiger partial charge in [0.1, 0.15) is 5.75 Å². The summed E-state index contributed by atoms with van der Waals surface area (Å²) < 4.78 is 6.21. The monoisotopic (exact) mass is 546 g/mol. The number of nitrogens with zero attached hydrogens (tertiary/aromatic N) is 2. The molecule has 2 saturated heterocycles. The van der Waals surface area contributed by atoms with Crippen LogP contribution in [0.5, 0.6) is 5.75 Å². The van der Waals surface area contributed by atoms with Crippen LogP contribution in [0.25, 0.3) is 0 Å². The van der Waals surface area contributed by atoms with Gasteiger partial charge >= 0.3 is 6.03 Å². The van der Waals surface area contributed by atoms with Gasteiger partial charge in [-0.1, -0.05) is 41.9 Å². The van der Waals surface area contributed by atoms with Crippen LogP contribution < -0.4 is 15.4 Å². The van der Waals surface area contributed by atoms with Crippen LogP contribution in [0.2, 0.25) is 0 Å². The molecule has 5 atom stereocenters. The number of ether oxygens (including phenoxy) is 1. The lowest BCUT2D eigenvalue weighted by Gasteiger charge is -2.58. The van der Waals surface area contributed by atoms with E-state index in [9.17, 15) is 15.0 Å². The average molecular weight is 547 g/mol. The van der Waals surface area contributed by atoms with Crippen LogP contribution in [0.1, 0.15) is 25.3 Å². The normalized spacial score (nSPS) is 26.9. The number of methoxy groups -OCH3 is 1. The molecule has 4 N–H and O–H groups in total. The number of fused-ring (bicyclic) bond motifs is 1. The molecule has 0 saturated carbocycles. The minimum atomic E-state index is -1.02. The van der Waals surface area contributed by atoms with E-state index in [1.165, 1.54) is 5.56 Å². The Balaban J connectivity index is 1.57. The first kappa shape index (κ1) is 25.9. The van der Waals surface area contributed by atoms with Gasteiger partial charge in [-0.3, -0.25) is 4.90 Å². The van der Waals surface area contributed by atoms with Crippen LogP contribution in [0.3, 0.4) is 0 Å². The van der Waals surface area contributed by atoms with E-state index >= 15 is 0 Å². The minimum absolute atomic E-state index is 0.0268. The number of urea groups is 1. The summed E-state index contributed by atoms with van der Waals surface area (Å²) in [6.45, 7) is 5.87. The van der Waals surface area contributed by atoms with E-state index in [4.69, 9.17) is 4.74 Å². The highest BCUT2D eigenvalue weighted by Crippen LogP contribution is 2.42. The van der Waals surface area contributed by atoms with Gasteiger partial charge in [0.05, 0.1) is 25.9 Å². The van der Waals surface area contributed by atoms with Gasteiger partial charge in [-0.25, -0.2) is 4.79 Å². The van der Waals surface area contributed by atoms with E-state index in [2.05, 4.69) is 57.4 Å². The molecule has 2 aliphatic heterocycles. The zero-order chi connectivity index (χ0) is 25.1. The SMILES string of the molecule is COc1ccc(NC(=O)N2C[C@@H](O)[C@@H](O)CN3[C@H](CNC(C)C)[C@H](c4ccc(Br)cc4)[C@@H]3C2)cc1. The summed E-state index contributed by atoms with van der Waals surface area (Å²) in [5.41, 5.74) is 1.85. The number of carbonyl (C=O) groups excluding carboxylic acids is 1. The van der Waals surface area contributed by atoms with Crippen LogP contribution in [0.15, 0.2) is 53.0 Å². The Bertz CT molecular complexity index is 988. The van der Waals surface area contributed by atoms with Gasteiger partial charge < -0.3 is 30.5 Å². The average Bonchev–Trinajstić information content (AvgIpc) is 2.83. The van der Waals surface area contributed by atoms with Crippen molar-refractivity contribution in [2.75, 3.05) is 38.6 Å². The van der Waals surface area contributed by atoms with Crippen molar-refractivity contribution >= 4 is 27.6 Å². The topological polar surface area (TPSA) is 97.3 Å². The number of halogens is 1. The molecule has 2 amide bonds. The summed E-state index contributed by atoms with van der Waals surface area (Å²) in [6, 6.07) is 15.7. The molecule has 0 aromatic heterocycles. The Labute approximate surface area is 215 Å². The molecule has 190 valence electrons. The van der Waals surface area contributed by atoms with E-state index in [0.717, 1.165) is 11.0 Å². The number of aliphatic hydroxyl groups is 2. The molecule has 35 heavy (non-hydrogen) atoms. The van der Waals surface area contributed by atoms with E-state index in [1.54, 1.807) is 36.3 Å². The predicted octanol–water partition coefficient (Wildman–Crippen LogP) is 2.86. The lowest BCUT2D eigenvalue weighted by atomic mass is 9.73. The summed E-state index contributed by atoms with van der Waals surface area (Å²) in [7, 11) is 1.59. The van der Waals surface area contributed by atoms with Crippen LogP contribution in [0, 0.1) is 0 Å². The van der Waals surface area contributed by atoms with Crippen LogP contribution in [-0.2, 0) is 0 Å². The summed E-state index contributed by atoms with van der Waals surface area (Å²) >= 11 is 3.52. The number of benzene rings is 2. The van der Waals surface area contributed by atoms with E-state index in [1.807, 2.05) is 12.1 Å². The van der Waals surface area contributed by atoms with Gasteiger partial charge in [0.25, 0.3) is 0 Å². The number of rotatable bonds is 6. The molecule has 2 aliphatic rings. The highest BCUT2D eigenvalue weighted by molar-refractivity contribution is 9.10. The lowest BCUT2D eigenvalue weighted by Crippen LogP contribution is -2.72. The fraction of sp³-hybridized carbons (Fsp3) is 0.500. The summed E-state index contributed by atoms with van der Waals surface area (Å²) in [5.74, 6) is 0.893. The molecule has 8 nitrogen and oxygen atoms in total. The zero-order valence-corrected chi connectivity index (χ0v) is 22.0. The third-order valence-electron chi connectivity index (χ3n) is 6.96. The van der Waals surface area contributed by atoms with Gasteiger partial charge in [-0.15, -0.1) is 0 Å². The van der Waals surface area contributed by atoms with Crippen molar-refractivity contribution in [3.05, 3.63) is 58.6 Å². The second-order valence-electron chi connectivity index (χ2n) is 9.67. The third-order valence-corrected chi connectivity index (χ3v) is 7.49. The first-order chi connectivity index (χ1) is 16.8. The number of nitrogens with one attached hydrogen (secondary N) is 2. The molecular weight excluding hydrogens is 512 g/mol. The van der Waals surface area contributed by atoms with Crippen molar-refractivity contribution in [2.45, 2.75) is 50.1 Å². The fourth-order valence-corrected chi connectivity index (χ4v) is 5.33. The predicted molar refractivity (Wildman–Crippen MR) is 140 cm³/mol. The van der Waals surface area contributed by atoms with Crippen LogP contribution in [0.4, 0.5) is 10.5 Å². The number of β-amino-alcohol motifs (C(OH)–C–C–N with tert-alkyl or cyclic N) is 1. The first-order valence-corrected chi connectivity index (χ1v) is 12.9. The standard InChI is InChI=1S/C26H35BrN4O4/c1-16(2)28-12-21-25(17-4-6-18(27)7-5-17)22-13-30(14-23(32)24(33)15-31(21)22)26(34)29-19-8-10-20(35-3)11-9-19/h4-11,16,21-25,28,32-33H,12-15H2,1-3H3,(H,29,34)/t21-,22+,23-,24+,25+/m1/s1. The number of anilines is 1. The minimum Gasteiger partial charge on any atom is -0.497 e. The smallest absolute Gasteiger partial charge is 0.321 e. The van der Waals surface area contributed by atoms with Gasteiger partial charge in [-0.05, 0) is 42.0 Å². The van der Waals surface area contributed by atoms with Crippen molar-refractivity contribution in [2.24, 2.45) is 0 Å². The molecule has 0 bridgehead atoms. The summed E-state index contributed by atoms with van der Waals surface area (Å²) in [5, 5.41) is 27.8. The van der Waals surface area contributed by atoms with Gasteiger partial charge in [0, 0.05) is 53.8 Å². The molecule has 2 aromatic rings. The van der Waals surface area contributed by atoms with Gasteiger partial charge in [0.15, 0.2) is 0 Å². The quantitative estimate of drug-likeness (QED) is 0.444. The highest BCUT2D eigenvalue weighted by atomic mass is 79.9. The third kappa shape index (κ3) is 5.98. The number of aliphatic hydroxyl groups excluding tert-OH is 2. The van der Waals surface area contributed by atoms with Crippen LogP contribution in [-0.4, -0.2) is 89.7 Å². The lowest BCUT2D eigenvalue weighted by molar-refractivity contribution is -0.101. The molecule has 4 rings (SSSR count). The number of hydrogen-bond donors (Lipinski definition) is 4. The molecule has 2 heterocycles. The zero-order valence-electron chi connectivity index (χ0n) is 20.4. The summed E-state index contributed by atoms with van der Waals surface area (Å²) in [6.07, 6.45) is -1.97. The van der Waals surface area contributed by atoms with E-state index in [-0.39, 0.29) is 30.6 Å². The highest BCUT2D eigenvalue weighted by Gasteiger charge is 2.51. The van der Waals surface area contributed by atoms with Crippen molar-refractivity contribution in [3.8, 4) is 5.75 Å². The molecule has 2 fully saturated rings.